The van der Waals surface area contributed by atoms with Crippen LogP contribution in [0.1, 0.15) is 0 Å². The highest BCUT2D eigenvalue weighted by Crippen LogP contribution is 2.42. The number of furan rings is 1. The van der Waals surface area contributed by atoms with Crippen molar-refractivity contribution in [2.75, 3.05) is 0 Å². The second-order valence-corrected chi connectivity index (χ2v) is 12.5. The molecule has 10 rings (SSSR count). The zero-order valence-corrected chi connectivity index (χ0v) is 26.9. The SMILES string of the molecule is c1ccc(-c2nc(-c3ccccc3)nc(-c3ccc(-c4ccc5oc6ccc7c8ccccc8n(-c8ccccc8)c7c6c5c4)cc3)n2)cc1. The molecule has 234 valence electrons. The van der Waals surface area contributed by atoms with E-state index in [0.717, 1.165) is 61.0 Å². The molecule has 0 atom stereocenters. The standard InChI is InChI=1S/C45H28N4O/c1-4-12-30(13-5-1)43-46-44(31-14-6-2-7-15-31)48-45(47-43)32-22-20-29(21-23-32)33-24-26-39-37(28-33)41-40(50-39)27-25-36-35-18-10-11-19-38(35)49(42(36)41)34-16-8-3-9-17-34/h1-28H. The summed E-state index contributed by atoms with van der Waals surface area (Å²) < 4.78 is 8.84. The topological polar surface area (TPSA) is 56.7 Å². The molecular formula is C45H28N4O. The van der Waals surface area contributed by atoms with E-state index in [0.29, 0.717) is 17.5 Å². The normalized spacial score (nSPS) is 11.6. The summed E-state index contributed by atoms with van der Waals surface area (Å²) >= 11 is 0. The number of nitrogens with zero attached hydrogens (tertiary/aromatic N) is 4. The lowest BCUT2D eigenvalue weighted by Crippen LogP contribution is -2.00. The number of hydrogen-bond donors (Lipinski definition) is 0. The molecule has 0 fully saturated rings. The molecule has 5 heteroatoms. The lowest BCUT2D eigenvalue weighted by molar-refractivity contribution is 0.669. The van der Waals surface area contributed by atoms with Crippen molar-refractivity contribution >= 4 is 43.7 Å². The van der Waals surface area contributed by atoms with Crippen LogP contribution in [0.5, 0.6) is 0 Å². The van der Waals surface area contributed by atoms with Gasteiger partial charge >= 0.3 is 0 Å². The van der Waals surface area contributed by atoms with E-state index in [4.69, 9.17) is 19.4 Å². The second kappa shape index (κ2) is 11.4. The maximum absolute atomic E-state index is 6.47. The molecule has 0 bridgehead atoms. The van der Waals surface area contributed by atoms with Crippen molar-refractivity contribution in [1.29, 1.82) is 0 Å². The van der Waals surface area contributed by atoms with Gasteiger partial charge < -0.3 is 8.98 Å². The minimum atomic E-state index is 0.636. The molecule has 0 radical (unpaired) electrons. The predicted octanol–water partition coefficient (Wildman–Crippen LogP) is 11.5. The molecular weight excluding hydrogens is 613 g/mol. The molecule has 3 heterocycles. The molecule has 0 aliphatic carbocycles. The van der Waals surface area contributed by atoms with E-state index in [2.05, 4.69) is 114 Å². The molecule has 0 N–H and O–H groups in total. The first kappa shape index (κ1) is 28.2. The van der Waals surface area contributed by atoms with Crippen LogP contribution in [-0.2, 0) is 0 Å². The van der Waals surface area contributed by atoms with E-state index >= 15 is 0 Å². The van der Waals surface area contributed by atoms with Crippen LogP contribution in [0.2, 0.25) is 0 Å². The molecule has 0 saturated carbocycles. The van der Waals surface area contributed by atoms with Gasteiger partial charge in [0.2, 0.25) is 0 Å². The molecule has 0 aliphatic rings. The number of benzene rings is 7. The highest BCUT2D eigenvalue weighted by Gasteiger charge is 2.19. The third kappa shape index (κ3) is 4.60. The van der Waals surface area contributed by atoms with Gasteiger partial charge in [0.05, 0.1) is 16.4 Å². The summed E-state index contributed by atoms with van der Waals surface area (Å²) in [7, 11) is 0. The number of rotatable bonds is 5. The monoisotopic (exact) mass is 640 g/mol. The van der Waals surface area contributed by atoms with E-state index < -0.39 is 0 Å². The van der Waals surface area contributed by atoms with Crippen molar-refractivity contribution in [2.24, 2.45) is 0 Å². The quantitative estimate of drug-likeness (QED) is 0.188. The zero-order valence-electron chi connectivity index (χ0n) is 26.9. The molecule has 7 aromatic carbocycles. The molecule has 0 unspecified atom stereocenters. The zero-order chi connectivity index (χ0) is 33.0. The third-order valence-electron chi connectivity index (χ3n) is 9.46. The van der Waals surface area contributed by atoms with Gasteiger partial charge in [-0.3, -0.25) is 0 Å². The third-order valence-corrected chi connectivity index (χ3v) is 9.46. The van der Waals surface area contributed by atoms with E-state index in [1.165, 1.54) is 16.3 Å². The Labute approximate surface area is 287 Å². The van der Waals surface area contributed by atoms with E-state index in [9.17, 15) is 0 Å². The largest absolute Gasteiger partial charge is 0.456 e. The molecule has 0 saturated heterocycles. The lowest BCUT2D eigenvalue weighted by Gasteiger charge is -2.09. The van der Waals surface area contributed by atoms with Gasteiger partial charge in [0.15, 0.2) is 17.5 Å². The average molecular weight is 641 g/mol. The Morgan fingerprint density at radius 1 is 0.380 bits per heavy atom. The van der Waals surface area contributed by atoms with Crippen molar-refractivity contribution in [3.8, 4) is 51.0 Å². The van der Waals surface area contributed by atoms with E-state index in [-0.39, 0.29) is 0 Å². The van der Waals surface area contributed by atoms with Crippen molar-refractivity contribution in [3.05, 3.63) is 170 Å². The maximum atomic E-state index is 6.47. The van der Waals surface area contributed by atoms with E-state index in [1.54, 1.807) is 0 Å². The van der Waals surface area contributed by atoms with Gasteiger partial charge in [0.1, 0.15) is 11.2 Å². The van der Waals surface area contributed by atoms with Crippen molar-refractivity contribution in [3.63, 3.8) is 0 Å². The highest BCUT2D eigenvalue weighted by molar-refractivity contribution is 6.24. The summed E-state index contributed by atoms with van der Waals surface area (Å²) in [5.74, 6) is 1.93. The van der Waals surface area contributed by atoms with Gasteiger partial charge in [-0.25, -0.2) is 15.0 Å². The maximum Gasteiger partial charge on any atom is 0.164 e. The molecule has 0 amide bonds. The molecule has 50 heavy (non-hydrogen) atoms. The van der Waals surface area contributed by atoms with Crippen LogP contribution in [0.15, 0.2) is 174 Å². The Morgan fingerprint density at radius 3 is 1.56 bits per heavy atom. The highest BCUT2D eigenvalue weighted by atomic mass is 16.3. The number of fused-ring (bicyclic) bond motifs is 7. The van der Waals surface area contributed by atoms with Crippen LogP contribution in [0.25, 0.3) is 94.7 Å². The molecule has 0 aliphatic heterocycles. The summed E-state index contributed by atoms with van der Waals surface area (Å²) in [6.07, 6.45) is 0. The molecule has 5 nitrogen and oxygen atoms in total. The predicted molar refractivity (Wildman–Crippen MR) is 203 cm³/mol. The Morgan fingerprint density at radius 2 is 0.900 bits per heavy atom. The smallest absolute Gasteiger partial charge is 0.164 e. The van der Waals surface area contributed by atoms with E-state index in [1.807, 2.05) is 60.7 Å². The Hall–Kier alpha value is -6.85. The molecule has 10 aromatic rings. The summed E-state index contributed by atoms with van der Waals surface area (Å²) in [6.45, 7) is 0. The van der Waals surface area contributed by atoms with Crippen LogP contribution >= 0.6 is 0 Å². The summed E-state index contributed by atoms with van der Waals surface area (Å²) in [5, 5.41) is 4.63. The minimum Gasteiger partial charge on any atom is -0.456 e. The van der Waals surface area contributed by atoms with Crippen LogP contribution in [-0.4, -0.2) is 19.5 Å². The fourth-order valence-electron chi connectivity index (χ4n) is 7.09. The minimum absolute atomic E-state index is 0.636. The Kier molecular flexibility index (Phi) is 6.42. The number of para-hydroxylation sites is 2. The van der Waals surface area contributed by atoms with Crippen LogP contribution in [0.4, 0.5) is 0 Å². The lowest BCUT2D eigenvalue weighted by atomic mass is 10.0. The number of hydrogen-bond acceptors (Lipinski definition) is 4. The average Bonchev–Trinajstić information content (AvgIpc) is 3.74. The first-order chi connectivity index (χ1) is 24.8. The summed E-state index contributed by atoms with van der Waals surface area (Å²) in [5.41, 5.74) is 10.2. The first-order valence-electron chi connectivity index (χ1n) is 16.7. The molecule has 3 aromatic heterocycles. The Balaban J connectivity index is 1.11. The van der Waals surface area contributed by atoms with Crippen LogP contribution < -0.4 is 0 Å². The van der Waals surface area contributed by atoms with Gasteiger partial charge in [0.25, 0.3) is 0 Å². The van der Waals surface area contributed by atoms with Crippen molar-refractivity contribution < 1.29 is 4.42 Å². The number of aromatic nitrogens is 4. The van der Waals surface area contributed by atoms with Gasteiger partial charge in [0, 0.05) is 38.5 Å². The fraction of sp³-hybridized carbons (Fsp3) is 0. The first-order valence-corrected chi connectivity index (χ1v) is 16.7. The van der Waals surface area contributed by atoms with Crippen molar-refractivity contribution in [2.45, 2.75) is 0 Å². The Bertz CT molecular complexity index is 2780. The van der Waals surface area contributed by atoms with Gasteiger partial charge in [-0.1, -0.05) is 127 Å². The second-order valence-electron chi connectivity index (χ2n) is 12.5. The summed E-state index contributed by atoms with van der Waals surface area (Å²) in [4.78, 5) is 14.7. The van der Waals surface area contributed by atoms with Gasteiger partial charge in [-0.15, -0.1) is 0 Å². The van der Waals surface area contributed by atoms with Crippen molar-refractivity contribution in [1.82, 2.24) is 19.5 Å². The summed E-state index contributed by atoms with van der Waals surface area (Å²) in [6, 6.07) is 58.5. The molecule has 0 spiro atoms. The van der Waals surface area contributed by atoms with Crippen LogP contribution in [0.3, 0.4) is 0 Å². The van der Waals surface area contributed by atoms with Gasteiger partial charge in [-0.05, 0) is 53.6 Å². The fourth-order valence-corrected chi connectivity index (χ4v) is 7.09. The van der Waals surface area contributed by atoms with Crippen LogP contribution in [0, 0.1) is 0 Å². The van der Waals surface area contributed by atoms with Gasteiger partial charge in [-0.2, -0.15) is 0 Å².